The van der Waals surface area contributed by atoms with Crippen molar-refractivity contribution in [1.82, 2.24) is 0 Å². The van der Waals surface area contributed by atoms with Gasteiger partial charge in [-0.25, -0.2) is 0 Å². The average molecular weight is 425 g/mol. The maximum Gasteiger partial charge on any atom is 0.123 e. The lowest BCUT2D eigenvalue weighted by molar-refractivity contribution is 0.423. The lowest BCUT2D eigenvalue weighted by atomic mass is 9.78. The molecular formula is C28H44N2O. The number of phenolic OH excluding ortho intramolecular Hbond substituents is 1. The van der Waals surface area contributed by atoms with E-state index in [0.717, 1.165) is 35.0 Å². The number of hydrogen-bond acceptors (Lipinski definition) is 3. The van der Waals surface area contributed by atoms with Crippen molar-refractivity contribution in [3.63, 3.8) is 0 Å². The predicted octanol–water partition coefficient (Wildman–Crippen LogP) is 7.84. The number of benzene rings is 2. The molecule has 2 aromatic rings. The van der Waals surface area contributed by atoms with Gasteiger partial charge < -0.3 is 15.7 Å². The fourth-order valence-corrected chi connectivity index (χ4v) is 3.77. The first-order chi connectivity index (χ1) is 14.3. The van der Waals surface area contributed by atoms with Crippen LogP contribution in [0.25, 0.3) is 0 Å². The lowest BCUT2D eigenvalue weighted by Gasteiger charge is -2.28. The van der Waals surface area contributed by atoms with Crippen LogP contribution in [0.1, 0.15) is 91.8 Å². The fourth-order valence-electron chi connectivity index (χ4n) is 3.77. The molecule has 0 aliphatic carbocycles. The Labute approximate surface area is 190 Å². The highest BCUT2D eigenvalue weighted by atomic mass is 16.3. The molecule has 0 saturated heterocycles. The Morgan fingerprint density at radius 3 is 1.71 bits per heavy atom. The molecule has 0 fully saturated rings. The monoisotopic (exact) mass is 424 g/mol. The Hall–Kier alpha value is -2.16. The first-order valence-electron chi connectivity index (χ1n) is 11.7. The Balaban J connectivity index is 2.10. The minimum atomic E-state index is -0.111. The Morgan fingerprint density at radius 1 is 0.774 bits per heavy atom. The van der Waals surface area contributed by atoms with Gasteiger partial charge in [-0.2, -0.15) is 0 Å². The molecule has 0 saturated carbocycles. The number of aromatic hydroxyl groups is 1. The van der Waals surface area contributed by atoms with Gasteiger partial charge in [0.05, 0.1) is 0 Å². The van der Waals surface area contributed by atoms with E-state index < -0.39 is 0 Å². The van der Waals surface area contributed by atoms with Crippen LogP contribution in [0.5, 0.6) is 5.75 Å². The normalized spacial score (nSPS) is 13.4. The minimum Gasteiger partial charge on any atom is -0.507 e. The molecule has 1 unspecified atom stereocenters. The van der Waals surface area contributed by atoms with Crippen LogP contribution in [0.15, 0.2) is 36.4 Å². The lowest BCUT2D eigenvalue weighted by Crippen LogP contribution is -2.18. The summed E-state index contributed by atoms with van der Waals surface area (Å²) in [5, 5.41) is 18.1. The number of phenols is 1. The van der Waals surface area contributed by atoms with Gasteiger partial charge in [0.25, 0.3) is 0 Å². The van der Waals surface area contributed by atoms with E-state index in [2.05, 4.69) is 109 Å². The van der Waals surface area contributed by atoms with Crippen LogP contribution in [-0.4, -0.2) is 11.1 Å². The molecule has 0 aliphatic rings. The van der Waals surface area contributed by atoms with Crippen LogP contribution >= 0.6 is 0 Å². The summed E-state index contributed by atoms with van der Waals surface area (Å²) in [5.74, 6) is 1.18. The van der Waals surface area contributed by atoms with Gasteiger partial charge in [-0.15, -0.1) is 0 Å². The van der Waals surface area contributed by atoms with Crippen molar-refractivity contribution in [1.29, 1.82) is 0 Å². The Morgan fingerprint density at radius 2 is 1.26 bits per heavy atom. The zero-order chi connectivity index (χ0) is 23.4. The van der Waals surface area contributed by atoms with Crippen molar-refractivity contribution in [3.05, 3.63) is 53.1 Å². The Bertz CT molecular complexity index is 804. The molecule has 0 spiro atoms. The standard InChI is InChI=1S/C28H44N2O/c1-19(2)10-11-20(3)30-23-14-12-22(13-15-23)29-18-21-16-24(27(4,5)6)26(31)25(17-21)28(7,8)9/h12-17,19-20,29-31H,10-11,18H2,1-9H3. The summed E-state index contributed by atoms with van der Waals surface area (Å²) in [6, 6.07) is 13.3. The van der Waals surface area contributed by atoms with Crippen LogP contribution in [0.2, 0.25) is 0 Å². The van der Waals surface area contributed by atoms with Gasteiger partial charge in [0.1, 0.15) is 5.75 Å². The first kappa shape index (κ1) is 25.1. The molecule has 0 aromatic heterocycles. The van der Waals surface area contributed by atoms with Gasteiger partial charge in [0.2, 0.25) is 0 Å². The van der Waals surface area contributed by atoms with Crippen molar-refractivity contribution in [3.8, 4) is 5.75 Å². The number of rotatable bonds is 8. The molecule has 31 heavy (non-hydrogen) atoms. The van der Waals surface area contributed by atoms with Gasteiger partial charge in [-0.05, 0) is 89.6 Å². The van der Waals surface area contributed by atoms with Gasteiger partial charge in [0, 0.05) is 24.0 Å². The molecule has 0 heterocycles. The third-order valence-corrected chi connectivity index (χ3v) is 5.76. The third-order valence-electron chi connectivity index (χ3n) is 5.76. The molecule has 2 rings (SSSR count). The molecule has 0 aliphatic heterocycles. The first-order valence-corrected chi connectivity index (χ1v) is 11.7. The summed E-state index contributed by atoms with van der Waals surface area (Å²) < 4.78 is 0. The van der Waals surface area contributed by atoms with E-state index in [4.69, 9.17) is 0 Å². The summed E-state index contributed by atoms with van der Waals surface area (Å²) >= 11 is 0. The van der Waals surface area contributed by atoms with Crippen molar-refractivity contribution >= 4 is 11.4 Å². The quantitative estimate of drug-likeness (QED) is 0.404. The molecule has 0 amide bonds. The van der Waals surface area contributed by atoms with E-state index in [1.54, 1.807) is 0 Å². The number of nitrogens with one attached hydrogen (secondary N) is 2. The highest BCUT2D eigenvalue weighted by Gasteiger charge is 2.26. The number of anilines is 2. The van der Waals surface area contributed by atoms with Crippen LogP contribution < -0.4 is 10.6 Å². The Kier molecular flexibility index (Phi) is 8.08. The maximum atomic E-state index is 10.9. The van der Waals surface area contributed by atoms with E-state index in [0.29, 0.717) is 11.8 Å². The molecule has 3 nitrogen and oxygen atoms in total. The van der Waals surface area contributed by atoms with Crippen LogP contribution in [0.3, 0.4) is 0 Å². The molecule has 0 bridgehead atoms. The summed E-state index contributed by atoms with van der Waals surface area (Å²) in [7, 11) is 0. The molecular weight excluding hydrogens is 380 g/mol. The summed E-state index contributed by atoms with van der Waals surface area (Å²) in [6.45, 7) is 20.4. The van der Waals surface area contributed by atoms with E-state index >= 15 is 0 Å². The number of hydrogen-bond donors (Lipinski definition) is 3. The van der Waals surface area contributed by atoms with E-state index in [9.17, 15) is 5.11 Å². The van der Waals surface area contributed by atoms with Gasteiger partial charge in [-0.3, -0.25) is 0 Å². The van der Waals surface area contributed by atoms with Crippen molar-refractivity contribution in [2.45, 2.75) is 98.6 Å². The SMILES string of the molecule is CC(C)CCC(C)Nc1ccc(NCc2cc(C(C)(C)C)c(O)c(C(C)(C)C)c2)cc1. The highest BCUT2D eigenvalue weighted by Crippen LogP contribution is 2.39. The van der Waals surface area contributed by atoms with Crippen LogP contribution in [0.4, 0.5) is 11.4 Å². The highest BCUT2D eigenvalue weighted by molar-refractivity contribution is 5.55. The molecule has 2 aromatic carbocycles. The van der Waals surface area contributed by atoms with Gasteiger partial charge in [0.15, 0.2) is 0 Å². The van der Waals surface area contributed by atoms with Crippen molar-refractivity contribution in [2.24, 2.45) is 5.92 Å². The predicted molar refractivity (Wildman–Crippen MR) is 136 cm³/mol. The van der Waals surface area contributed by atoms with Crippen LogP contribution in [-0.2, 0) is 17.4 Å². The van der Waals surface area contributed by atoms with Crippen molar-refractivity contribution in [2.75, 3.05) is 10.6 Å². The van der Waals surface area contributed by atoms with Crippen LogP contribution in [0, 0.1) is 5.92 Å². The topological polar surface area (TPSA) is 44.3 Å². The van der Waals surface area contributed by atoms with E-state index in [1.165, 1.54) is 18.4 Å². The zero-order valence-electron chi connectivity index (χ0n) is 21.2. The van der Waals surface area contributed by atoms with Gasteiger partial charge >= 0.3 is 0 Å². The fraction of sp³-hybridized carbons (Fsp3) is 0.571. The second kappa shape index (κ2) is 9.97. The molecule has 3 N–H and O–H groups in total. The second-order valence-corrected chi connectivity index (χ2v) is 11.5. The average Bonchev–Trinajstić information content (AvgIpc) is 2.64. The zero-order valence-corrected chi connectivity index (χ0v) is 21.2. The largest absolute Gasteiger partial charge is 0.507 e. The van der Waals surface area contributed by atoms with Crippen molar-refractivity contribution < 1.29 is 5.11 Å². The van der Waals surface area contributed by atoms with E-state index in [-0.39, 0.29) is 10.8 Å². The molecule has 0 radical (unpaired) electrons. The van der Waals surface area contributed by atoms with E-state index in [1.807, 2.05) is 0 Å². The maximum absolute atomic E-state index is 10.9. The summed E-state index contributed by atoms with van der Waals surface area (Å²) in [5.41, 5.74) is 5.24. The third kappa shape index (κ3) is 7.48. The molecule has 1 atom stereocenters. The summed E-state index contributed by atoms with van der Waals surface area (Å²) in [6.07, 6.45) is 2.43. The smallest absolute Gasteiger partial charge is 0.123 e. The molecule has 3 heteroatoms. The minimum absolute atomic E-state index is 0.111. The van der Waals surface area contributed by atoms with Gasteiger partial charge in [-0.1, -0.05) is 55.4 Å². The second-order valence-electron chi connectivity index (χ2n) is 11.5. The summed E-state index contributed by atoms with van der Waals surface area (Å²) in [4.78, 5) is 0. The molecule has 172 valence electrons.